The largest absolute Gasteiger partial charge is 0.481 e. The highest BCUT2D eigenvalue weighted by atomic mass is 16.5. The molecule has 0 saturated heterocycles. The summed E-state index contributed by atoms with van der Waals surface area (Å²) in [6.07, 6.45) is 3.29. The van der Waals surface area contributed by atoms with Gasteiger partial charge in [0.05, 0.1) is 5.41 Å². The third-order valence-electron chi connectivity index (χ3n) is 4.62. The van der Waals surface area contributed by atoms with Crippen LogP contribution >= 0.6 is 0 Å². The molecule has 1 aromatic rings. The van der Waals surface area contributed by atoms with Gasteiger partial charge in [0.1, 0.15) is 6.61 Å². The molecule has 0 aliphatic heterocycles. The first-order valence-corrected chi connectivity index (χ1v) is 8.81. The zero-order valence-corrected chi connectivity index (χ0v) is 15.0. The molecule has 1 aliphatic rings. The van der Waals surface area contributed by atoms with Crippen molar-refractivity contribution in [3.05, 3.63) is 35.9 Å². The monoisotopic (exact) mass is 348 g/mol. The molecule has 0 radical (unpaired) electrons. The lowest BCUT2D eigenvalue weighted by Gasteiger charge is -2.32. The van der Waals surface area contributed by atoms with E-state index < -0.39 is 17.5 Å². The van der Waals surface area contributed by atoms with E-state index in [0.29, 0.717) is 6.54 Å². The number of alkyl carbamates (subject to hydrolysis) is 1. The first kappa shape index (κ1) is 19.2. The van der Waals surface area contributed by atoms with E-state index in [-0.39, 0.29) is 18.7 Å². The number of ether oxygens (including phenoxy) is 1. The lowest BCUT2D eigenvalue weighted by atomic mass is 9.88. The number of nitrogens with one attached hydrogen (secondary N) is 2. The Bertz CT molecular complexity index is 574. The average Bonchev–Trinajstić information content (AvgIpc) is 2.59. The molecule has 2 unspecified atom stereocenters. The summed E-state index contributed by atoms with van der Waals surface area (Å²) in [5.74, 6) is -0.810. The number of benzene rings is 1. The fraction of sp³-hybridized carbons (Fsp3) is 0.579. The van der Waals surface area contributed by atoms with Crippen LogP contribution in [0.5, 0.6) is 0 Å². The molecule has 2 rings (SSSR count). The number of hydrogen-bond donors (Lipinski definition) is 3. The van der Waals surface area contributed by atoms with Crippen LogP contribution in [0.2, 0.25) is 0 Å². The maximum absolute atomic E-state index is 12.0. The molecule has 1 amide bonds. The van der Waals surface area contributed by atoms with Gasteiger partial charge in [0, 0.05) is 18.6 Å². The van der Waals surface area contributed by atoms with Gasteiger partial charge < -0.3 is 20.5 Å². The molecule has 6 heteroatoms. The molecule has 1 aliphatic carbocycles. The van der Waals surface area contributed by atoms with Gasteiger partial charge in [0.2, 0.25) is 0 Å². The van der Waals surface area contributed by atoms with Crippen molar-refractivity contribution in [3.63, 3.8) is 0 Å². The van der Waals surface area contributed by atoms with Gasteiger partial charge in [-0.3, -0.25) is 4.79 Å². The zero-order chi connectivity index (χ0) is 18.3. The second kappa shape index (κ2) is 8.85. The molecule has 25 heavy (non-hydrogen) atoms. The minimum atomic E-state index is -0.810. The lowest BCUT2D eigenvalue weighted by molar-refractivity contribution is -0.146. The van der Waals surface area contributed by atoms with Gasteiger partial charge in [0.15, 0.2) is 0 Å². The highest BCUT2D eigenvalue weighted by Crippen LogP contribution is 2.21. The van der Waals surface area contributed by atoms with Gasteiger partial charge in [-0.25, -0.2) is 4.79 Å². The summed E-state index contributed by atoms with van der Waals surface area (Å²) in [5.41, 5.74) is 0.159. The maximum Gasteiger partial charge on any atom is 0.407 e. The molecule has 2 atom stereocenters. The van der Waals surface area contributed by atoms with Crippen molar-refractivity contribution in [1.82, 2.24) is 10.6 Å². The number of carboxylic acid groups (broad SMARTS) is 1. The van der Waals surface area contributed by atoms with Crippen molar-refractivity contribution >= 4 is 12.1 Å². The van der Waals surface area contributed by atoms with Gasteiger partial charge in [0.25, 0.3) is 0 Å². The highest BCUT2D eigenvalue weighted by molar-refractivity contribution is 5.73. The van der Waals surface area contributed by atoms with Crippen molar-refractivity contribution in [2.24, 2.45) is 5.41 Å². The van der Waals surface area contributed by atoms with E-state index >= 15 is 0 Å². The second-order valence-electron chi connectivity index (χ2n) is 7.34. The summed E-state index contributed by atoms with van der Waals surface area (Å²) < 4.78 is 5.26. The minimum Gasteiger partial charge on any atom is -0.481 e. The maximum atomic E-state index is 12.0. The Kier molecular flexibility index (Phi) is 6.82. The van der Waals surface area contributed by atoms with Crippen LogP contribution in [0, 0.1) is 5.41 Å². The molecule has 0 bridgehead atoms. The molecule has 1 saturated carbocycles. The van der Waals surface area contributed by atoms with Crippen molar-refractivity contribution < 1.29 is 19.4 Å². The van der Waals surface area contributed by atoms with E-state index in [1.807, 2.05) is 30.3 Å². The zero-order valence-electron chi connectivity index (χ0n) is 15.0. The number of amides is 1. The number of carbonyl (C=O) groups excluding carboxylic acids is 1. The average molecular weight is 348 g/mol. The molecular formula is C19H28N2O4. The Morgan fingerprint density at radius 2 is 1.88 bits per heavy atom. The summed E-state index contributed by atoms with van der Waals surface area (Å²) in [6, 6.07) is 9.84. The van der Waals surface area contributed by atoms with Gasteiger partial charge in [-0.1, -0.05) is 30.3 Å². The summed E-state index contributed by atoms with van der Waals surface area (Å²) in [7, 11) is 0. The number of rotatable bonds is 7. The molecule has 6 nitrogen and oxygen atoms in total. The van der Waals surface area contributed by atoms with Crippen molar-refractivity contribution in [3.8, 4) is 0 Å². The smallest absolute Gasteiger partial charge is 0.407 e. The van der Waals surface area contributed by atoms with E-state index in [1.165, 1.54) is 0 Å². The van der Waals surface area contributed by atoms with Gasteiger partial charge >= 0.3 is 12.1 Å². The van der Waals surface area contributed by atoms with E-state index in [1.54, 1.807) is 13.8 Å². The molecule has 1 fully saturated rings. The van der Waals surface area contributed by atoms with E-state index in [0.717, 1.165) is 31.2 Å². The molecule has 0 heterocycles. The molecular weight excluding hydrogens is 320 g/mol. The molecule has 0 spiro atoms. The Morgan fingerprint density at radius 3 is 2.56 bits per heavy atom. The van der Waals surface area contributed by atoms with E-state index in [4.69, 9.17) is 4.74 Å². The first-order chi connectivity index (χ1) is 11.9. The first-order valence-electron chi connectivity index (χ1n) is 8.81. The fourth-order valence-electron chi connectivity index (χ4n) is 2.91. The summed E-state index contributed by atoms with van der Waals surface area (Å²) >= 11 is 0. The third-order valence-corrected chi connectivity index (χ3v) is 4.62. The van der Waals surface area contributed by atoms with E-state index in [9.17, 15) is 14.7 Å². The van der Waals surface area contributed by atoms with Crippen LogP contribution < -0.4 is 10.6 Å². The Balaban J connectivity index is 1.73. The lowest BCUT2D eigenvalue weighted by Crippen LogP contribution is -2.47. The Morgan fingerprint density at radius 1 is 1.20 bits per heavy atom. The molecule has 1 aromatic carbocycles. The third kappa shape index (κ3) is 6.38. The normalized spacial score (nSPS) is 20.7. The number of carboxylic acids is 1. The number of carbonyl (C=O) groups is 2. The van der Waals surface area contributed by atoms with Crippen LogP contribution in [0.4, 0.5) is 4.79 Å². The molecule has 138 valence electrons. The number of hydrogen-bond acceptors (Lipinski definition) is 4. The van der Waals surface area contributed by atoms with Crippen molar-refractivity contribution in [1.29, 1.82) is 0 Å². The highest BCUT2D eigenvalue weighted by Gasteiger charge is 2.30. The Labute approximate surface area is 149 Å². The predicted octanol–water partition coefficient (Wildman–Crippen LogP) is 2.92. The van der Waals surface area contributed by atoms with Gasteiger partial charge in [-0.15, -0.1) is 0 Å². The van der Waals surface area contributed by atoms with Gasteiger partial charge in [-0.05, 0) is 45.1 Å². The Hall–Kier alpha value is -2.08. The van der Waals surface area contributed by atoms with Crippen LogP contribution in [-0.4, -0.2) is 35.8 Å². The van der Waals surface area contributed by atoms with Crippen LogP contribution in [0.3, 0.4) is 0 Å². The van der Waals surface area contributed by atoms with Gasteiger partial charge in [-0.2, -0.15) is 0 Å². The van der Waals surface area contributed by atoms with Crippen molar-refractivity contribution in [2.75, 3.05) is 6.54 Å². The SMILES string of the molecule is CC(C)(CNC1CCCC(NC(=O)OCc2ccccc2)C1)C(=O)O. The van der Waals surface area contributed by atoms with Crippen molar-refractivity contribution in [2.45, 2.75) is 58.2 Å². The van der Waals surface area contributed by atoms with Crippen LogP contribution in [-0.2, 0) is 16.1 Å². The fourth-order valence-corrected chi connectivity index (χ4v) is 2.91. The quantitative estimate of drug-likeness (QED) is 0.705. The number of aliphatic carboxylic acids is 1. The molecule has 0 aromatic heterocycles. The molecule has 3 N–H and O–H groups in total. The standard InChI is InChI=1S/C19H28N2O4/c1-19(2,17(22)23)13-20-15-9-6-10-16(11-15)21-18(24)25-12-14-7-4-3-5-8-14/h3-5,7-8,15-16,20H,6,9-13H2,1-2H3,(H,21,24)(H,22,23). The topological polar surface area (TPSA) is 87.7 Å². The second-order valence-corrected chi connectivity index (χ2v) is 7.34. The minimum absolute atomic E-state index is 0.0578. The van der Waals surface area contributed by atoms with Crippen LogP contribution in [0.1, 0.15) is 45.1 Å². The van der Waals surface area contributed by atoms with Crippen LogP contribution in [0.15, 0.2) is 30.3 Å². The summed E-state index contributed by atoms with van der Waals surface area (Å²) in [4.78, 5) is 23.1. The van der Waals surface area contributed by atoms with Crippen LogP contribution in [0.25, 0.3) is 0 Å². The summed E-state index contributed by atoms with van der Waals surface area (Å²) in [6.45, 7) is 4.09. The van der Waals surface area contributed by atoms with E-state index in [2.05, 4.69) is 10.6 Å². The predicted molar refractivity (Wildman–Crippen MR) is 95.2 cm³/mol. The summed E-state index contributed by atoms with van der Waals surface area (Å²) in [5, 5.41) is 15.4.